The summed E-state index contributed by atoms with van der Waals surface area (Å²) in [5.41, 5.74) is 0.888. The number of carbonyl (C=O) groups is 1. The van der Waals surface area contributed by atoms with Crippen LogP contribution < -0.4 is 15.4 Å². The molecule has 0 aliphatic heterocycles. The van der Waals surface area contributed by atoms with Crippen molar-refractivity contribution in [3.8, 4) is 5.75 Å². The van der Waals surface area contributed by atoms with Crippen molar-refractivity contribution in [1.29, 1.82) is 0 Å². The van der Waals surface area contributed by atoms with Crippen LogP contribution in [-0.4, -0.2) is 23.1 Å². The number of carbonyl (C=O) groups excluding carboxylic acids is 1. The highest BCUT2D eigenvalue weighted by Crippen LogP contribution is 2.12. The standard InChI is InChI=1S/C16H15N3O2S/c1-21-13-8-5-12(6-9-13)7-10-15(20)19-16(22)18-14-4-2-3-11-17-14/h2-11H,1H3,(H2,17,18,19,20,22)/b10-7+. The first-order valence-corrected chi connectivity index (χ1v) is 6.93. The molecular formula is C16H15N3O2S. The molecule has 1 aromatic carbocycles. The number of hydrogen-bond acceptors (Lipinski definition) is 4. The minimum absolute atomic E-state index is 0.197. The van der Waals surface area contributed by atoms with E-state index in [0.29, 0.717) is 5.82 Å². The Balaban J connectivity index is 1.86. The lowest BCUT2D eigenvalue weighted by atomic mass is 10.2. The fourth-order valence-corrected chi connectivity index (χ4v) is 1.83. The van der Waals surface area contributed by atoms with E-state index in [9.17, 15) is 4.79 Å². The number of anilines is 1. The van der Waals surface area contributed by atoms with E-state index in [2.05, 4.69) is 15.6 Å². The summed E-state index contributed by atoms with van der Waals surface area (Å²) >= 11 is 5.04. The fourth-order valence-electron chi connectivity index (χ4n) is 1.62. The van der Waals surface area contributed by atoms with E-state index in [1.54, 1.807) is 31.5 Å². The molecule has 1 amide bonds. The summed E-state index contributed by atoms with van der Waals surface area (Å²) in [6.45, 7) is 0. The van der Waals surface area contributed by atoms with Gasteiger partial charge < -0.3 is 10.1 Å². The van der Waals surface area contributed by atoms with Crippen LogP contribution in [0, 0.1) is 0 Å². The predicted octanol–water partition coefficient (Wildman–Crippen LogP) is 2.62. The van der Waals surface area contributed by atoms with Gasteiger partial charge in [-0.15, -0.1) is 0 Å². The third-order valence-electron chi connectivity index (χ3n) is 2.69. The van der Waals surface area contributed by atoms with Crippen LogP contribution in [-0.2, 0) is 4.79 Å². The lowest BCUT2D eigenvalue weighted by molar-refractivity contribution is -0.115. The van der Waals surface area contributed by atoms with E-state index in [1.165, 1.54) is 6.08 Å². The maximum absolute atomic E-state index is 11.8. The molecule has 1 heterocycles. The number of benzene rings is 1. The Bertz CT molecular complexity index is 670. The van der Waals surface area contributed by atoms with Gasteiger partial charge in [-0.05, 0) is 48.1 Å². The maximum Gasteiger partial charge on any atom is 0.250 e. The highest BCUT2D eigenvalue weighted by molar-refractivity contribution is 7.80. The molecule has 2 rings (SSSR count). The fraction of sp³-hybridized carbons (Fsp3) is 0.0625. The maximum atomic E-state index is 11.8. The van der Waals surface area contributed by atoms with E-state index in [4.69, 9.17) is 17.0 Å². The normalized spacial score (nSPS) is 10.2. The average Bonchev–Trinajstić information content (AvgIpc) is 2.54. The van der Waals surface area contributed by atoms with Gasteiger partial charge in [-0.1, -0.05) is 18.2 Å². The Hall–Kier alpha value is -2.73. The lowest BCUT2D eigenvalue weighted by Gasteiger charge is -2.06. The van der Waals surface area contributed by atoms with Gasteiger partial charge >= 0.3 is 0 Å². The molecule has 1 aromatic heterocycles. The summed E-state index contributed by atoms with van der Waals surface area (Å²) < 4.78 is 5.07. The highest BCUT2D eigenvalue weighted by Gasteiger charge is 2.01. The number of nitrogens with zero attached hydrogens (tertiary/aromatic N) is 1. The Kier molecular flexibility index (Phi) is 5.62. The van der Waals surface area contributed by atoms with Crippen molar-refractivity contribution in [2.45, 2.75) is 0 Å². The van der Waals surface area contributed by atoms with E-state index >= 15 is 0 Å². The third-order valence-corrected chi connectivity index (χ3v) is 2.89. The largest absolute Gasteiger partial charge is 0.497 e. The summed E-state index contributed by atoms with van der Waals surface area (Å²) in [6, 6.07) is 12.7. The van der Waals surface area contributed by atoms with Crippen LogP contribution in [0.2, 0.25) is 0 Å². The molecule has 0 fully saturated rings. The number of methoxy groups -OCH3 is 1. The number of ether oxygens (including phenoxy) is 1. The van der Waals surface area contributed by atoms with Crippen molar-refractivity contribution in [2.75, 3.05) is 12.4 Å². The van der Waals surface area contributed by atoms with Crippen molar-refractivity contribution in [3.63, 3.8) is 0 Å². The molecule has 0 bridgehead atoms. The van der Waals surface area contributed by atoms with Crippen LogP contribution in [0.15, 0.2) is 54.7 Å². The Morgan fingerprint density at radius 1 is 1.23 bits per heavy atom. The van der Waals surface area contributed by atoms with Crippen molar-refractivity contribution < 1.29 is 9.53 Å². The van der Waals surface area contributed by atoms with Crippen molar-refractivity contribution >= 4 is 35.1 Å². The molecule has 0 saturated heterocycles. The van der Waals surface area contributed by atoms with Crippen molar-refractivity contribution in [2.24, 2.45) is 0 Å². The number of nitrogens with one attached hydrogen (secondary N) is 2. The number of rotatable bonds is 4. The number of hydrogen-bond donors (Lipinski definition) is 2. The molecule has 22 heavy (non-hydrogen) atoms. The van der Waals surface area contributed by atoms with Gasteiger partial charge in [-0.25, -0.2) is 4.98 Å². The second-order valence-corrected chi connectivity index (χ2v) is 4.67. The molecule has 0 spiro atoms. The van der Waals surface area contributed by atoms with Crippen LogP contribution in [0.4, 0.5) is 5.82 Å². The van der Waals surface area contributed by atoms with Gasteiger partial charge in [0.1, 0.15) is 11.6 Å². The summed E-state index contributed by atoms with van der Waals surface area (Å²) in [7, 11) is 1.60. The zero-order valence-electron chi connectivity index (χ0n) is 11.9. The summed E-state index contributed by atoms with van der Waals surface area (Å²) in [5.74, 6) is 1.03. The first-order chi connectivity index (χ1) is 10.7. The topological polar surface area (TPSA) is 63.2 Å². The number of pyridine rings is 1. The minimum Gasteiger partial charge on any atom is -0.497 e. The first-order valence-electron chi connectivity index (χ1n) is 6.52. The van der Waals surface area contributed by atoms with E-state index < -0.39 is 0 Å². The molecule has 0 aliphatic carbocycles. The van der Waals surface area contributed by atoms with Gasteiger partial charge in [0.15, 0.2) is 5.11 Å². The van der Waals surface area contributed by atoms with Gasteiger partial charge in [0, 0.05) is 12.3 Å². The highest BCUT2D eigenvalue weighted by atomic mass is 32.1. The quantitative estimate of drug-likeness (QED) is 0.671. The second kappa shape index (κ2) is 7.90. The molecule has 0 atom stereocenters. The summed E-state index contributed by atoms with van der Waals surface area (Å²) in [5, 5.41) is 5.57. The number of aromatic nitrogens is 1. The van der Waals surface area contributed by atoms with Gasteiger partial charge in [-0.3, -0.25) is 10.1 Å². The zero-order valence-corrected chi connectivity index (χ0v) is 12.8. The molecular weight excluding hydrogens is 298 g/mol. The zero-order chi connectivity index (χ0) is 15.8. The smallest absolute Gasteiger partial charge is 0.250 e. The number of thiocarbonyl (C=S) groups is 1. The van der Waals surface area contributed by atoms with Gasteiger partial charge in [-0.2, -0.15) is 0 Å². The molecule has 112 valence electrons. The molecule has 6 heteroatoms. The average molecular weight is 313 g/mol. The molecule has 0 unspecified atom stereocenters. The van der Waals surface area contributed by atoms with E-state index in [1.807, 2.05) is 30.3 Å². The van der Waals surface area contributed by atoms with E-state index in [0.717, 1.165) is 11.3 Å². The Morgan fingerprint density at radius 2 is 2.00 bits per heavy atom. The lowest BCUT2D eigenvalue weighted by Crippen LogP contribution is -2.33. The number of amides is 1. The van der Waals surface area contributed by atoms with Crippen LogP contribution in [0.25, 0.3) is 6.08 Å². The Morgan fingerprint density at radius 3 is 2.64 bits per heavy atom. The molecule has 0 aliphatic rings. The van der Waals surface area contributed by atoms with Crippen LogP contribution in [0.3, 0.4) is 0 Å². The van der Waals surface area contributed by atoms with Gasteiger partial charge in [0.05, 0.1) is 7.11 Å². The van der Waals surface area contributed by atoms with Crippen LogP contribution in [0.1, 0.15) is 5.56 Å². The Labute approximate surface area is 134 Å². The second-order valence-electron chi connectivity index (χ2n) is 4.26. The molecule has 5 nitrogen and oxygen atoms in total. The predicted molar refractivity (Wildman–Crippen MR) is 90.6 cm³/mol. The molecule has 2 N–H and O–H groups in total. The summed E-state index contributed by atoms with van der Waals surface area (Å²) in [4.78, 5) is 15.8. The third kappa shape index (κ3) is 4.99. The molecule has 0 saturated carbocycles. The SMILES string of the molecule is COc1ccc(/C=C/C(=O)NC(=S)Nc2ccccn2)cc1. The van der Waals surface area contributed by atoms with Gasteiger partial charge in [0.2, 0.25) is 5.91 Å². The van der Waals surface area contributed by atoms with Crippen LogP contribution >= 0.6 is 12.2 Å². The van der Waals surface area contributed by atoms with Gasteiger partial charge in [0.25, 0.3) is 0 Å². The first kappa shape index (κ1) is 15.7. The summed E-state index contributed by atoms with van der Waals surface area (Å²) in [6.07, 6.45) is 4.74. The monoisotopic (exact) mass is 313 g/mol. The van der Waals surface area contributed by atoms with Crippen LogP contribution in [0.5, 0.6) is 5.75 Å². The molecule has 0 radical (unpaired) electrons. The minimum atomic E-state index is -0.316. The van der Waals surface area contributed by atoms with Crippen molar-refractivity contribution in [3.05, 3.63) is 60.3 Å². The van der Waals surface area contributed by atoms with E-state index in [-0.39, 0.29) is 11.0 Å². The van der Waals surface area contributed by atoms with Crippen molar-refractivity contribution in [1.82, 2.24) is 10.3 Å². The molecule has 2 aromatic rings.